The Morgan fingerprint density at radius 2 is 1.35 bits per heavy atom. The number of allylic oxidation sites excluding steroid dienone is 1. The van der Waals surface area contributed by atoms with E-state index >= 15 is 4.39 Å². The van der Waals surface area contributed by atoms with Crippen LogP contribution in [0.1, 0.15) is 39.8 Å². The van der Waals surface area contributed by atoms with Gasteiger partial charge < -0.3 is 0 Å². The van der Waals surface area contributed by atoms with Crippen LogP contribution in [0.2, 0.25) is 0 Å². The zero-order valence-electron chi connectivity index (χ0n) is 19.7. The predicted molar refractivity (Wildman–Crippen MR) is 134 cm³/mol. The van der Waals surface area contributed by atoms with Gasteiger partial charge in [-0.2, -0.15) is 13.2 Å². The SMILES string of the molecule is C=CCCc1ccc(C#Cc2ccc3c(F)c(CCc4cc(F)c(C(F)(F)F)c(F)c4)ccc3c2)cc1. The van der Waals surface area contributed by atoms with E-state index in [1.54, 1.807) is 30.3 Å². The zero-order chi connectivity index (χ0) is 26.6. The first-order valence-electron chi connectivity index (χ1n) is 11.6. The fraction of sp³-hybridized carbons (Fsp3) is 0.161. The largest absolute Gasteiger partial charge is 0.422 e. The van der Waals surface area contributed by atoms with Crippen LogP contribution >= 0.6 is 0 Å². The Morgan fingerprint density at radius 3 is 2.00 bits per heavy atom. The predicted octanol–water partition coefficient (Wildman–Crippen LogP) is 8.58. The lowest BCUT2D eigenvalue weighted by Gasteiger charge is -2.12. The Kier molecular flexibility index (Phi) is 7.73. The third-order valence-corrected chi connectivity index (χ3v) is 6.04. The summed E-state index contributed by atoms with van der Waals surface area (Å²) < 4.78 is 81.1. The summed E-state index contributed by atoms with van der Waals surface area (Å²) in [5, 5.41) is 0.999. The Labute approximate surface area is 211 Å². The molecule has 0 aliphatic carbocycles. The van der Waals surface area contributed by atoms with E-state index in [1.807, 2.05) is 30.3 Å². The molecule has 4 aromatic rings. The average molecular weight is 509 g/mol. The van der Waals surface area contributed by atoms with Gasteiger partial charge >= 0.3 is 6.18 Å². The molecule has 0 saturated carbocycles. The van der Waals surface area contributed by atoms with Gasteiger partial charge in [-0.25, -0.2) is 13.2 Å². The van der Waals surface area contributed by atoms with Gasteiger partial charge in [-0.15, -0.1) is 6.58 Å². The minimum atomic E-state index is -5.13. The number of hydrogen-bond donors (Lipinski definition) is 0. The van der Waals surface area contributed by atoms with E-state index in [0.717, 1.165) is 18.4 Å². The van der Waals surface area contributed by atoms with Gasteiger partial charge in [0.05, 0.1) is 0 Å². The number of alkyl halides is 3. The van der Waals surface area contributed by atoms with Crippen molar-refractivity contribution in [2.24, 2.45) is 0 Å². The summed E-state index contributed by atoms with van der Waals surface area (Å²) in [6.07, 6.45) is -1.38. The Bertz CT molecular complexity index is 1480. The molecule has 0 atom stereocenters. The van der Waals surface area contributed by atoms with Crippen LogP contribution in [0.15, 0.2) is 79.4 Å². The molecule has 0 aromatic heterocycles. The molecular weight excluding hydrogens is 486 g/mol. The smallest absolute Gasteiger partial charge is 0.206 e. The van der Waals surface area contributed by atoms with Crippen molar-refractivity contribution in [2.75, 3.05) is 0 Å². The third-order valence-electron chi connectivity index (χ3n) is 6.04. The highest BCUT2D eigenvalue weighted by atomic mass is 19.4. The van der Waals surface area contributed by atoms with Crippen LogP contribution in [-0.4, -0.2) is 0 Å². The molecule has 4 rings (SSSR count). The average Bonchev–Trinajstić information content (AvgIpc) is 2.85. The molecule has 188 valence electrons. The van der Waals surface area contributed by atoms with E-state index < -0.39 is 29.2 Å². The fourth-order valence-electron chi connectivity index (χ4n) is 4.10. The van der Waals surface area contributed by atoms with E-state index in [-0.39, 0.29) is 18.4 Å². The summed E-state index contributed by atoms with van der Waals surface area (Å²) in [5.74, 6) is 2.33. The van der Waals surface area contributed by atoms with E-state index in [9.17, 15) is 22.0 Å². The molecule has 0 aliphatic rings. The Hall–Kier alpha value is -3.98. The van der Waals surface area contributed by atoms with Gasteiger partial charge in [0.2, 0.25) is 0 Å². The van der Waals surface area contributed by atoms with Crippen molar-refractivity contribution < 1.29 is 26.3 Å². The molecule has 0 bridgehead atoms. The third kappa shape index (κ3) is 6.24. The monoisotopic (exact) mass is 508 g/mol. The van der Waals surface area contributed by atoms with Crippen LogP contribution < -0.4 is 0 Å². The number of rotatable bonds is 6. The number of halogens is 6. The van der Waals surface area contributed by atoms with E-state index in [1.165, 1.54) is 5.56 Å². The number of aryl methyl sites for hydroxylation is 3. The normalized spacial score (nSPS) is 11.3. The van der Waals surface area contributed by atoms with Gasteiger partial charge in [0.25, 0.3) is 0 Å². The van der Waals surface area contributed by atoms with Gasteiger partial charge in [-0.3, -0.25) is 0 Å². The minimum Gasteiger partial charge on any atom is -0.206 e. The molecule has 0 amide bonds. The first kappa shape index (κ1) is 26.1. The topological polar surface area (TPSA) is 0 Å². The maximum Gasteiger partial charge on any atom is 0.422 e. The lowest BCUT2D eigenvalue weighted by molar-refractivity contribution is -0.142. The quantitative estimate of drug-likeness (QED) is 0.139. The molecule has 0 spiro atoms. The lowest BCUT2D eigenvalue weighted by atomic mass is 9.98. The summed E-state index contributed by atoms with van der Waals surface area (Å²) in [7, 11) is 0. The standard InChI is InChI=1S/C31H22F6/c1-2-3-4-20-5-7-21(8-6-20)9-10-22-12-16-26-25(17-22)15-14-24(30(26)34)13-11-23-18-27(32)29(28(33)19-23)31(35,36)37/h2,5-8,12,14-19H,1,3-4,11,13H2. The van der Waals surface area contributed by atoms with E-state index in [0.29, 0.717) is 34.0 Å². The number of benzene rings is 4. The molecule has 0 heterocycles. The van der Waals surface area contributed by atoms with Crippen molar-refractivity contribution in [2.45, 2.75) is 31.9 Å². The van der Waals surface area contributed by atoms with Crippen molar-refractivity contribution in [3.8, 4) is 11.8 Å². The summed E-state index contributed by atoms with van der Waals surface area (Å²) in [6, 6.07) is 17.6. The van der Waals surface area contributed by atoms with Crippen LogP contribution in [0.5, 0.6) is 0 Å². The highest BCUT2D eigenvalue weighted by Crippen LogP contribution is 2.34. The van der Waals surface area contributed by atoms with E-state index in [2.05, 4.69) is 18.4 Å². The fourth-order valence-corrected chi connectivity index (χ4v) is 4.10. The first-order valence-corrected chi connectivity index (χ1v) is 11.6. The molecule has 0 fully saturated rings. The minimum absolute atomic E-state index is 0.0156. The summed E-state index contributed by atoms with van der Waals surface area (Å²) >= 11 is 0. The van der Waals surface area contributed by atoms with Crippen molar-refractivity contribution in [3.63, 3.8) is 0 Å². The van der Waals surface area contributed by atoms with Crippen molar-refractivity contribution in [1.82, 2.24) is 0 Å². The van der Waals surface area contributed by atoms with Crippen molar-refractivity contribution in [3.05, 3.63) is 130 Å². The van der Waals surface area contributed by atoms with Crippen molar-refractivity contribution >= 4 is 10.8 Å². The summed E-state index contributed by atoms with van der Waals surface area (Å²) in [6.45, 7) is 3.72. The second kappa shape index (κ2) is 11.0. The van der Waals surface area contributed by atoms with Crippen LogP contribution in [0.3, 0.4) is 0 Å². The Morgan fingerprint density at radius 1 is 0.703 bits per heavy atom. The van der Waals surface area contributed by atoms with E-state index in [4.69, 9.17) is 0 Å². The molecule has 6 heteroatoms. The van der Waals surface area contributed by atoms with Crippen LogP contribution in [-0.2, 0) is 25.4 Å². The van der Waals surface area contributed by atoms with Gasteiger partial charge in [-0.05, 0) is 84.2 Å². The van der Waals surface area contributed by atoms with Gasteiger partial charge in [-0.1, -0.05) is 48.2 Å². The number of hydrogen-bond acceptors (Lipinski definition) is 0. The second-order valence-electron chi connectivity index (χ2n) is 8.68. The molecule has 0 saturated heterocycles. The van der Waals surface area contributed by atoms with Crippen LogP contribution in [0, 0.1) is 29.3 Å². The van der Waals surface area contributed by atoms with Crippen LogP contribution in [0.4, 0.5) is 26.3 Å². The molecular formula is C31H22F6. The van der Waals surface area contributed by atoms with Gasteiger partial charge in [0, 0.05) is 16.5 Å². The highest BCUT2D eigenvalue weighted by molar-refractivity contribution is 5.85. The Balaban J connectivity index is 1.49. The van der Waals surface area contributed by atoms with Crippen molar-refractivity contribution in [1.29, 1.82) is 0 Å². The summed E-state index contributed by atoms with van der Waals surface area (Å²) in [5.41, 5.74) is 1.17. The highest BCUT2D eigenvalue weighted by Gasteiger charge is 2.37. The summed E-state index contributed by atoms with van der Waals surface area (Å²) in [4.78, 5) is 0. The van der Waals surface area contributed by atoms with Crippen LogP contribution in [0.25, 0.3) is 10.8 Å². The lowest BCUT2D eigenvalue weighted by Crippen LogP contribution is -2.12. The molecule has 4 aromatic carbocycles. The molecule has 0 radical (unpaired) electrons. The molecule has 37 heavy (non-hydrogen) atoms. The maximum absolute atomic E-state index is 15.1. The second-order valence-corrected chi connectivity index (χ2v) is 8.68. The zero-order valence-corrected chi connectivity index (χ0v) is 19.7. The number of fused-ring (bicyclic) bond motifs is 1. The van der Waals surface area contributed by atoms with Gasteiger partial charge in [0.1, 0.15) is 23.0 Å². The molecule has 0 N–H and O–H groups in total. The first-order chi connectivity index (χ1) is 17.7. The maximum atomic E-state index is 15.1. The van der Waals surface area contributed by atoms with Gasteiger partial charge in [0.15, 0.2) is 0 Å². The molecule has 0 aliphatic heterocycles. The molecule has 0 nitrogen and oxygen atoms in total. The molecule has 0 unspecified atom stereocenters.